The van der Waals surface area contributed by atoms with Gasteiger partial charge in [0.1, 0.15) is 0 Å². The van der Waals surface area contributed by atoms with Crippen LogP contribution in [0.3, 0.4) is 0 Å². The van der Waals surface area contributed by atoms with Crippen molar-refractivity contribution in [2.45, 2.75) is 25.8 Å². The Morgan fingerprint density at radius 3 is 2.73 bits per heavy atom. The summed E-state index contributed by atoms with van der Waals surface area (Å²) in [4.78, 5) is 32.6. The number of benzene rings is 1. The van der Waals surface area contributed by atoms with E-state index in [0.29, 0.717) is 22.6 Å². The summed E-state index contributed by atoms with van der Waals surface area (Å²) < 4.78 is 5.12. The van der Waals surface area contributed by atoms with E-state index in [1.54, 1.807) is 17.8 Å². The minimum absolute atomic E-state index is 0.124. The Kier molecular flexibility index (Phi) is 6.24. The van der Waals surface area contributed by atoms with Crippen molar-refractivity contribution < 1.29 is 14.3 Å². The Balaban J connectivity index is 1.66. The zero-order valence-corrected chi connectivity index (χ0v) is 18.5. The maximum absolute atomic E-state index is 12.7. The van der Waals surface area contributed by atoms with E-state index in [0.717, 1.165) is 35.1 Å². The SMILES string of the molecule is CCC1=C(C(=O)OC)C(c2ccc(NC(=O)c3cccs3)cc2)N2CCCSC2=N1. The first-order chi connectivity index (χ1) is 14.6. The Bertz CT molecular complexity index is 997. The number of thioether (sulfide) groups is 1. The molecule has 0 spiro atoms. The number of hydrogen-bond acceptors (Lipinski definition) is 7. The number of anilines is 1. The number of hydrogen-bond donors (Lipinski definition) is 1. The van der Waals surface area contributed by atoms with Crippen LogP contribution in [0.15, 0.2) is 58.0 Å². The van der Waals surface area contributed by atoms with E-state index in [4.69, 9.17) is 9.73 Å². The summed E-state index contributed by atoms with van der Waals surface area (Å²) in [5.74, 6) is 0.561. The molecule has 1 aromatic carbocycles. The summed E-state index contributed by atoms with van der Waals surface area (Å²) in [5.41, 5.74) is 3.07. The second-order valence-corrected chi connectivity index (χ2v) is 8.96. The third-order valence-electron chi connectivity index (χ3n) is 5.12. The summed E-state index contributed by atoms with van der Waals surface area (Å²) in [5, 5.41) is 5.76. The number of fused-ring (bicyclic) bond motifs is 1. The van der Waals surface area contributed by atoms with E-state index < -0.39 is 0 Å². The Labute approximate surface area is 184 Å². The summed E-state index contributed by atoms with van der Waals surface area (Å²) in [6.07, 6.45) is 1.69. The molecular formula is C22H23N3O3S2. The minimum atomic E-state index is -0.342. The van der Waals surface area contributed by atoms with Crippen LogP contribution >= 0.6 is 23.1 Å². The Morgan fingerprint density at radius 1 is 1.27 bits per heavy atom. The van der Waals surface area contributed by atoms with Crippen LogP contribution in [0.4, 0.5) is 5.69 Å². The van der Waals surface area contributed by atoms with Crippen molar-refractivity contribution in [2.24, 2.45) is 4.99 Å². The predicted molar refractivity (Wildman–Crippen MR) is 122 cm³/mol. The summed E-state index contributed by atoms with van der Waals surface area (Å²) in [7, 11) is 1.41. The van der Waals surface area contributed by atoms with E-state index in [1.165, 1.54) is 18.4 Å². The molecule has 1 aromatic heterocycles. The van der Waals surface area contributed by atoms with Crippen LogP contribution in [0.25, 0.3) is 0 Å². The number of methoxy groups -OCH3 is 1. The van der Waals surface area contributed by atoms with Gasteiger partial charge in [0.15, 0.2) is 5.17 Å². The summed E-state index contributed by atoms with van der Waals surface area (Å²) >= 11 is 3.14. The number of amides is 1. The molecule has 1 fully saturated rings. The highest BCUT2D eigenvalue weighted by atomic mass is 32.2. The van der Waals surface area contributed by atoms with Crippen LogP contribution in [0.2, 0.25) is 0 Å². The maximum Gasteiger partial charge on any atom is 0.338 e. The third kappa shape index (κ3) is 4.02. The molecule has 1 saturated heterocycles. The van der Waals surface area contributed by atoms with Gasteiger partial charge in [-0.25, -0.2) is 9.79 Å². The number of thiophene rings is 1. The molecule has 1 unspecified atom stereocenters. The molecule has 0 aliphatic carbocycles. The highest BCUT2D eigenvalue weighted by molar-refractivity contribution is 8.13. The molecule has 6 nitrogen and oxygen atoms in total. The topological polar surface area (TPSA) is 71.0 Å². The lowest BCUT2D eigenvalue weighted by molar-refractivity contribution is -0.136. The number of amidine groups is 1. The van der Waals surface area contributed by atoms with E-state index >= 15 is 0 Å². The highest BCUT2D eigenvalue weighted by Gasteiger charge is 2.38. The third-order valence-corrected chi connectivity index (χ3v) is 7.06. The first-order valence-corrected chi connectivity index (χ1v) is 11.7. The van der Waals surface area contributed by atoms with E-state index in [1.807, 2.05) is 42.6 Å². The van der Waals surface area contributed by atoms with Gasteiger partial charge in [-0.2, -0.15) is 0 Å². The van der Waals surface area contributed by atoms with Gasteiger partial charge in [-0.15, -0.1) is 11.3 Å². The number of allylic oxidation sites excluding steroid dienone is 1. The predicted octanol–water partition coefficient (Wildman–Crippen LogP) is 4.69. The molecule has 8 heteroatoms. The van der Waals surface area contributed by atoms with Crippen LogP contribution in [-0.4, -0.2) is 41.4 Å². The lowest BCUT2D eigenvalue weighted by Gasteiger charge is -2.40. The van der Waals surface area contributed by atoms with Crippen LogP contribution in [0.5, 0.6) is 0 Å². The monoisotopic (exact) mass is 441 g/mol. The number of rotatable bonds is 5. The number of ether oxygens (including phenoxy) is 1. The molecule has 3 heterocycles. The van der Waals surface area contributed by atoms with Gasteiger partial charge < -0.3 is 15.0 Å². The molecule has 156 valence electrons. The van der Waals surface area contributed by atoms with Crippen LogP contribution in [0, 0.1) is 0 Å². The highest BCUT2D eigenvalue weighted by Crippen LogP contribution is 2.40. The second kappa shape index (κ2) is 9.06. The van der Waals surface area contributed by atoms with Crippen molar-refractivity contribution in [2.75, 3.05) is 24.7 Å². The van der Waals surface area contributed by atoms with Crippen molar-refractivity contribution in [3.8, 4) is 0 Å². The lowest BCUT2D eigenvalue weighted by atomic mass is 9.93. The van der Waals surface area contributed by atoms with Gasteiger partial charge in [0.05, 0.1) is 29.3 Å². The number of nitrogens with one attached hydrogen (secondary N) is 1. The van der Waals surface area contributed by atoms with Crippen molar-refractivity contribution in [3.63, 3.8) is 0 Å². The van der Waals surface area contributed by atoms with Gasteiger partial charge in [0, 0.05) is 18.0 Å². The number of esters is 1. The standard InChI is InChI=1S/C22H23N3O3S2/c1-3-16-18(21(27)28-2)19(25-11-5-13-30-22(25)24-16)14-7-9-15(10-8-14)23-20(26)17-6-4-12-29-17/h4,6-10,12,19H,3,5,11,13H2,1-2H3,(H,23,26). The fourth-order valence-corrected chi connectivity index (χ4v) is 5.32. The largest absolute Gasteiger partial charge is 0.466 e. The van der Waals surface area contributed by atoms with E-state index in [-0.39, 0.29) is 17.9 Å². The average Bonchev–Trinajstić information content (AvgIpc) is 3.33. The van der Waals surface area contributed by atoms with Gasteiger partial charge in [-0.05, 0) is 42.0 Å². The van der Waals surface area contributed by atoms with Gasteiger partial charge in [0.2, 0.25) is 0 Å². The van der Waals surface area contributed by atoms with E-state index in [9.17, 15) is 9.59 Å². The molecule has 2 aliphatic rings. The van der Waals surface area contributed by atoms with Crippen molar-refractivity contribution >= 4 is 45.8 Å². The van der Waals surface area contributed by atoms with Gasteiger partial charge in [-0.3, -0.25) is 4.79 Å². The van der Waals surface area contributed by atoms with Crippen molar-refractivity contribution in [1.29, 1.82) is 0 Å². The van der Waals surface area contributed by atoms with Gasteiger partial charge >= 0.3 is 5.97 Å². The second-order valence-electron chi connectivity index (χ2n) is 6.95. The first-order valence-electron chi connectivity index (χ1n) is 9.86. The van der Waals surface area contributed by atoms with Crippen molar-refractivity contribution in [1.82, 2.24) is 4.90 Å². The Hall–Kier alpha value is -2.58. The number of aliphatic imine (C=N–C) groups is 1. The normalized spacial score (nSPS) is 18.5. The minimum Gasteiger partial charge on any atom is -0.466 e. The quantitative estimate of drug-likeness (QED) is 0.682. The number of carbonyl (C=O) groups is 2. The van der Waals surface area contributed by atoms with Crippen molar-refractivity contribution in [3.05, 3.63) is 63.5 Å². The molecule has 1 N–H and O–H groups in total. The lowest BCUT2D eigenvalue weighted by Crippen LogP contribution is -2.42. The fraction of sp³-hybridized carbons (Fsp3) is 0.318. The molecule has 2 aliphatic heterocycles. The van der Waals surface area contributed by atoms with Crippen LogP contribution in [0.1, 0.15) is 41.0 Å². The number of nitrogens with zero attached hydrogens (tertiary/aromatic N) is 2. The average molecular weight is 442 g/mol. The molecule has 1 atom stereocenters. The smallest absolute Gasteiger partial charge is 0.338 e. The molecular weight excluding hydrogens is 418 g/mol. The Morgan fingerprint density at radius 2 is 2.07 bits per heavy atom. The molecule has 0 bridgehead atoms. The maximum atomic E-state index is 12.7. The molecule has 0 radical (unpaired) electrons. The molecule has 0 saturated carbocycles. The van der Waals surface area contributed by atoms with Gasteiger partial charge in [-0.1, -0.05) is 36.9 Å². The number of carbonyl (C=O) groups excluding carboxylic acids is 2. The summed E-state index contributed by atoms with van der Waals surface area (Å²) in [6.45, 7) is 2.84. The molecule has 4 rings (SSSR count). The van der Waals surface area contributed by atoms with Crippen LogP contribution in [-0.2, 0) is 9.53 Å². The van der Waals surface area contributed by atoms with E-state index in [2.05, 4.69) is 10.2 Å². The van der Waals surface area contributed by atoms with Gasteiger partial charge in [0.25, 0.3) is 5.91 Å². The molecule has 30 heavy (non-hydrogen) atoms. The fourth-order valence-electron chi connectivity index (χ4n) is 3.71. The first kappa shape index (κ1) is 20.7. The molecule has 1 amide bonds. The zero-order valence-electron chi connectivity index (χ0n) is 16.9. The zero-order chi connectivity index (χ0) is 21.1. The summed E-state index contributed by atoms with van der Waals surface area (Å²) in [6, 6.07) is 11.1. The molecule has 2 aromatic rings. The van der Waals surface area contributed by atoms with Crippen LogP contribution < -0.4 is 5.32 Å².